The highest BCUT2D eigenvalue weighted by molar-refractivity contribution is 6.03. The normalized spacial score (nSPS) is 19.7. The number of hydrogen-bond acceptors (Lipinski definition) is 7. The topological polar surface area (TPSA) is 85.1 Å². The van der Waals surface area contributed by atoms with Gasteiger partial charge in [0.1, 0.15) is 23.1 Å². The van der Waals surface area contributed by atoms with Gasteiger partial charge < -0.3 is 24.7 Å². The van der Waals surface area contributed by atoms with Gasteiger partial charge in [-0.25, -0.2) is 13.2 Å². The van der Waals surface area contributed by atoms with Crippen LogP contribution in [0, 0.1) is 24.4 Å². The first-order chi connectivity index (χ1) is 23.3. The third-order valence-electron chi connectivity index (χ3n) is 10.2. The molecular weight excluding hydrogens is 633 g/mol. The molecule has 2 aromatic heterocycles. The molecule has 2 saturated heterocycles. The fourth-order valence-corrected chi connectivity index (χ4v) is 7.89. The van der Waals surface area contributed by atoms with Crippen LogP contribution in [0.25, 0.3) is 27.7 Å². The summed E-state index contributed by atoms with van der Waals surface area (Å²) in [7, 11) is 1.98. The Bertz CT molecular complexity index is 2070. The number of aromatic hydroxyl groups is 1. The van der Waals surface area contributed by atoms with Crippen molar-refractivity contribution in [3.63, 3.8) is 0 Å². The van der Waals surface area contributed by atoms with Crippen molar-refractivity contribution in [2.75, 3.05) is 49.6 Å². The van der Waals surface area contributed by atoms with Gasteiger partial charge in [-0.1, -0.05) is 26.5 Å². The van der Waals surface area contributed by atoms with Crippen molar-refractivity contribution >= 4 is 28.2 Å². The zero-order valence-corrected chi connectivity index (χ0v) is 28.2. The zero-order valence-electron chi connectivity index (χ0n) is 28.2. The number of carbonyl (C=O) groups is 1. The van der Waals surface area contributed by atoms with Crippen molar-refractivity contribution in [3.8, 4) is 22.6 Å². The maximum Gasteiger partial charge on any atom is 0.281 e. The molecule has 2 unspecified atom stereocenters. The Balaban J connectivity index is 1.63. The maximum atomic E-state index is 17.4. The third-order valence-corrected chi connectivity index (χ3v) is 10.2. The number of phenols is 1. The van der Waals surface area contributed by atoms with E-state index in [-0.39, 0.29) is 40.9 Å². The Morgan fingerprint density at radius 1 is 0.980 bits per heavy atom. The summed E-state index contributed by atoms with van der Waals surface area (Å²) in [5.74, 6) is -4.31. The fourth-order valence-electron chi connectivity index (χ4n) is 7.89. The van der Waals surface area contributed by atoms with Gasteiger partial charge in [0.25, 0.3) is 5.56 Å². The highest BCUT2D eigenvalue weighted by Gasteiger charge is 2.46. The molecule has 4 aromatic rings. The largest absolute Gasteiger partial charge is 0.507 e. The molecule has 1 N–H and O–H groups in total. The number of nitrogens with zero attached hydrogens (tertiary/aromatic N) is 6. The molecule has 256 valence electrons. The van der Waals surface area contributed by atoms with Gasteiger partial charge in [0.05, 0.1) is 45.8 Å². The Morgan fingerprint density at radius 3 is 2.33 bits per heavy atom. The van der Waals surface area contributed by atoms with Crippen LogP contribution < -0.4 is 15.4 Å². The minimum absolute atomic E-state index is 0.0590. The van der Waals surface area contributed by atoms with Crippen LogP contribution in [0.1, 0.15) is 37.9 Å². The van der Waals surface area contributed by atoms with Gasteiger partial charge >= 0.3 is 0 Å². The Labute approximate surface area is 282 Å². The molecule has 3 aliphatic heterocycles. The Morgan fingerprint density at radius 2 is 1.67 bits per heavy atom. The number of pyridine rings is 2. The first-order valence-corrected chi connectivity index (χ1v) is 16.5. The first kappa shape index (κ1) is 32.7. The smallest absolute Gasteiger partial charge is 0.281 e. The van der Waals surface area contributed by atoms with Gasteiger partial charge in [-0.05, 0) is 62.7 Å². The molecule has 0 radical (unpaired) electrons. The molecule has 0 spiro atoms. The summed E-state index contributed by atoms with van der Waals surface area (Å²) in [4.78, 5) is 40.7. The van der Waals surface area contributed by atoms with Crippen LogP contribution in [0.15, 0.2) is 54.0 Å². The molecule has 2 fully saturated rings. The van der Waals surface area contributed by atoms with Crippen LogP contribution >= 0.6 is 0 Å². The summed E-state index contributed by atoms with van der Waals surface area (Å²) < 4.78 is 50.5. The van der Waals surface area contributed by atoms with Crippen molar-refractivity contribution in [2.24, 2.45) is 0 Å². The van der Waals surface area contributed by atoms with Crippen molar-refractivity contribution < 1.29 is 23.1 Å². The number of benzene rings is 2. The van der Waals surface area contributed by atoms with Gasteiger partial charge in [0, 0.05) is 50.3 Å². The average molecular weight is 673 g/mol. The SMILES string of the molecule is C=CC(=O)N1CC2CN(C3CN(C)C3)c3c(c4cc(F)c(-c5c(O)cccc5F)c(F)c4n(-c4c(C)ccnc4C(C)C)c3=O)N2CC1C. The van der Waals surface area contributed by atoms with Crippen molar-refractivity contribution in [1.29, 1.82) is 0 Å². The average Bonchev–Trinajstić information content (AvgIpc) is 3.04. The lowest BCUT2D eigenvalue weighted by atomic mass is 9.93. The van der Waals surface area contributed by atoms with Gasteiger partial charge in [-0.15, -0.1) is 0 Å². The summed E-state index contributed by atoms with van der Waals surface area (Å²) >= 11 is 0. The number of anilines is 2. The fraction of sp³-hybridized carbons (Fsp3) is 0.378. The molecule has 0 bridgehead atoms. The predicted octanol–water partition coefficient (Wildman–Crippen LogP) is 5.33. The summed E-state index contributed by atoms with van der Waals surface area (Å²) in [6.45, 7) is 13.6. The van der Waals surface area contributed by atoms with Crippen molar-refractivity contribution in [3.05, 3.63) is 88.2 Å². The molecule has 9 nitrogen and oxygen atoms in total. The number of piperazine rings is 1. The van der Waals surface area contributed by atoms with E-state index in [4.69, 9.17) is 0 Å². The Kier molecular flexibility index (Phi) is 7.97. The van der Waals surface area contributed by atoms with Crippen LogP contribution in [-0.2, 0) is 4.79 Å². The quantitative estimate of drug-likeness (QED) is 0.287. The molecule has 1 amide bonds. The number of aryl methyl sites for hydroxylation is 1. The molecule has 49 heavy (non-hydrogen) atoms. The molecular formula is C37H39F3N6O3. The number of amides is 1. The molecule has 7 rings (SSSR count). The monoisotopic (exact) mass is 672 g/mol. The standard InChI is InChI=1S/C37H39F3N6O3/c1-7-28(48)43-17-23-18-45(22-15-42(6)16-22)36-35(44(23)14-21(43)5)24-13-26(39)30(29-25(38)9-8-10-27(29)47)31(40)34(24)46(37(36)49)33-20(4)11-12-41-32(33)19(2)3/h7-13,19,21-23,47H,1,14-18H2,2-6H3. The summed E-state index contributed by atoms with van der Waals surface area (Å²) in [5.41, 5.74) is 0.0707. The van der Waals surface area contributed by atoms with Crippen LogP contribution in [0.5, 0.6) is 5.75 Å². The lowest BCUT2D eigenvalue weighted by molar-refractivity contribution is -0.128. The van der Waals surface area contributed by atoms with E-state index in [1.807, 2.05) is 37.6 Å². The van der Waals surface area contributed by atoms with Crippen LogP contribution in [0.2, 0.25) is 0 Å². The number of phenolic OH excluding ortho intramolecular Hbond substituents is 1. The van der Waals surface area contributed by atoms with Crippen molar-refractivity contribution in [2.45, 2.75) is 51.7 Å². The minimum atomic E-state index is -1.18. The molecule has 3 aliphatic rings. The van der Waals surface area contributed by atoms with Gasteiger partial charge in [0.2, 0.25) is 5.91 Å². The van der Waals surface area contributed by atoms with E-state index in [0.29, 0.717) is 61.0 Å². The van der Waals surface area contributed by atoms with Gasteiger partial charge in [-0.2, -0.15) is 0 Å². The number of likely N-dealkylation sites (N-methyl/N-ethyl adjacent to an activating group) is 1. The van der Waals surface area contributed by atoms with E-state index >= 15 is 18.0 Å². The maximum absolute atomic E-state index is 17.4. The number of fused-ring (bicyclic) bond motifs is 5. The minimum Gasteiger partial charge on any atom is -0.507 e. The number of hydrogen-bond donors (Lipinski definition) is 1. The Hall–Kier alpha value is -4.84. The summed E-state index contributed by atoms with van der Waals surface area (Å²) in [6, 6.07) is 5.64. The van der Waals surface area contributed by atoms with Crippen LogP contribution in [-0.4, -0.2) is 88.3 Å². The van der Waals surface area contributed by atoms with E-state index in [1.165, 1.54) is 16.7 Å². The highest BCUT2D eigenvalue weighted by atomic mass is 19.1. The number of aromatic nitrogens is 2. The molecule has 5 heterocycles. The van der Waals surface area contributed by atoms with Gasteiger partial charge in [0.15, 0.2) is 5.82 Å². The lowest BCUT2D eigenvalue weighted by Crippen LogP contribution is -2.68. The number of halogens is 3. The third kappa shape index (κ3) is 4.98. The molecule has 0 saturated carbocycles. The highest BCUT2D eigenvalue weighted by Crippen LogP contribution is 2.47. The number of carbonyl (C=O) groups excluding carboxylic acids is 1. The lowest BCUT2D eigenvalue weighted by Gasteiger charge is -2.55. The first-order valence-electron chi connectivity index (χ1n) is 16.5. The second kappa shape index (κ2) is 11.9. The van der Waals surface area contributed by atoms with E-state index < -0.39 is 39.9 Å². The number of rotatable bonds is 5. The van der Waals surface area contributed by atoms with Crippen LogP contribution in [0.3, 0.4) is 0 Å². The van der Waals surface area contributed by atoms with E-state index in [9.17, 15) is 9.90 Å². The van der Waals surface area contributed by atoms with Crippen molar-refractivity contribution in [1.82, 2.24) is 19.4 Å². The van der Waals surface area contributed by atoms with E-state index in [1.54, 1.807) is 24.1 Å². The molecule has 12 heteroatoms. The predicted molar refractivity (Wildman–Crippen MR) is 184 cm³/mol. The van der Waals surface area contributed by atoms with E-state index in [2.05, 4.69) is 16.5 Å². The molecule has 0 aliphatic carbocycles. The summed E-state index contributed by atoms with van der Waals surface area (Å²) in [5, 5.41) is 10.8. The van der Waals surface area contributed by atoms with E-state index in [0.717, 1.165) is 18.2 Å². The second-order valence-electron chi connectivity index (χ2n) is 13.8. The van der Waals surface area contributed by atoms with Crippen LogP contribution in [0.4, 0.5) is 24.5 Å². The zero-order chi connectivity index (χ0) is 35.0. The molecule has 2 atom stereocenters. The second-order valence-corrected chi connectivity index (χ2v) is 13.8. The molecule has 2 aromatic carbocycles. The summed E-state index contributed by atoms with van der Waals surface area (Å²) in [6.07, 6.45) is 2.91. The number of likely N-dealkylation sites (tertiary alicyclic amines) is 1. The van der Waals surface area contributed by atoms with Gasteiger partial charge in [-0.3, -0.25) is 19.1 Å².